The molecule has 14 heteroatoms. The number of aryl methyl sites for hydroxylation is 1. The van der Waals surface area contributed by atoms with Crippen LogP contribution in [0, 0.1) is 12.1 Å². The molecule has 3 atom stereocenters. The van der Waals surface area contributed by atoms with E-state index in [0.717, 1.165) is 0 Å². The number of nitrogens with one attached hydrogen (secondary N) is 2. The molecule has 2 heterocycles. The van der Waals surface area contributed by atoms with Gasteiger partial charge in [0.25, 0.3) is 5.56 Å². The lowest BCUT2D eigenvalue weighted by Crippen LogP contribution is -2.33. The number of nitrogens with zero attached hydrogens (tertiary/aromatic N) is 1. The van der Waals surface area contributed by atoms with E-state index in [9.17, 15) is 19.0 Å². The summed E-state index contributed by atoms with van der Waals surface area (Å²) in [5.41, 5.74) is -0.793. The van der Waals surface area contributed by atoms with Crippen molar-refractivity contribution in [3.8, 4) is 0 Å². The predicted octanol–water partition coefficient (Wildman–Crippen LogP) is 0.166. The Balaban J connectivity index is 1.98. The molecule has 5 N–H and O–H groups in total. The van der Waals surface area contributed by atoms with E-state index in [2.05, 4.69) is 9.29 Å². The van der Waals surface area contributed by atoms with Crippen LogP contribution < -0.4 is 11.2 Å². The monoisotopic (exact) mass is 385 g/mol. The first-order chi connectivity index (χ1) is 11.0. The van der Waals surface area contributed by atoms with E-state index in [1.54, 1.807) is 0 Å². The third kappa shape index (κ3) is 5.20. The zero-order valence-electron chi connectivity index (χ0n) is 12.5. The van der Waals surface area contributed by atoms with Gasteiger partial charge in [-0.1, -0.05) is 0 Å². The molecular weight excluding hydrogens is 368 g/mol. The number of rotatable bonds is 6. The topological polar surface area (TPSA) is 184 Å². The number of aromatic nitrogens is 2. The van der Waals surface area contributed by atoms with Gasteiger partial charge in [-0.25, -0.2) is 18.8 Å². The molecule has 12 nitrogen and oxygen atoms in total. The van der Waals surface area contributed by atoms with Gasteiger partial charge in [-0.2, -0.15) is 0 Å². The highest BCUT2D eigenvalue weighted by molar-refractivity contribution is 7.61. The van der Waals surface area contributed by atoms with Gasteiger partial charge in [0.2, 0.25) is 0 Å². The molecule has 0 aliphatic carbocycles. The standard InChI is InChI=1S/C10H17N3O9P2/c1-6-4-13(10(15)12-9(6)14)8-3-2-7(21-8)5-20-23(11,16)22-24(17,18)19/h4,7-8H,2-3,5H2,1H3,(H2,11,16)(H,12,14,15)(H2,17,18,19)/t7-,8+,23?/m0/s1. The first kappa shape index (κ1) is 19.2. The van der Waals surface area contributed by atoms with Crippen LogP contribution >= 0.6 is 15.6 Å². The molecule has 0 aromatic carbocycles. The Hall–Kier alpha value is -1.10. The molecule has 1 unspecified atom stereocenters. The number of hydrogen-bond donors (Lipinski definition) is 5. The summed E-state index contributed by atoms with van der Waals surface area (Å²) in [6, 6.07) is 0. The number of hydrogen-bond acceptors (Lipinski definition) is 7. The maximum atomic E-state index is 11.8. The molecule has 136 valence electrons. The van der Waals surface area contributed by atoms with E-state index in [1.165, 1.54) is 17.7 Å². The fraction of sp³-hybridized carbons (Fsp3) is 0.600. The molecule has 0 amide bonds. The van der Waals surface area contributed by atoms with Crippen LogP contribution in [0.15, 0.2) is 15.8 Å². The molecule has 1 fully saturated rings. The third-order valence-electron chi connectivity index (χ3n) is 3.19. The van der Waals surface area contributed by atoms with Crippen LogP contribution in [0.5, 0.6) is 0 Å². The fourth-order valence-electron chi connectivity index (χ4n) is 2.17. The summed E-state index contributed by atoms with van der Waals surface area (Å²) < 4.78 is 25.9. The lowest BCUT2D eigenvalue weighted by molar-refractivity contribution is -0.0226. The minimum absolute atomic E-state index is 0.333. The Bertz CT molecular complexity index is 813. The minimum Gasteiger partial charge on any atom is -0.352 e. The molecule has 0 saturated carbocycles. The quantitative estimate of drug-likeness (QED) is 0.426. The van der Waals surface area contributed by atoms with Gasteiger partial charge < -0.3 is 19.4 Å². The number of aromatic amines is 1. The highest BCUT2D eigenvalue weighted by Gasteiger charge is 2.32. The van der Waals surface area contributed by atoms with Crippen LogP contribution in [0.2, 0.25) is 0 Å². The van der Waals surface area contributed by atoms with E-state index in [-0.39, 0.29) is 6.61 Å². The second-order valence-corrected chi connectivity index (χ2v) is 8.09. The Kier molecular flexibility index (Phi) is 5.63. The lowest BCUT2D eigenvalue weighted by Gasteiger charge is -2.19. The van der Waals surface area contributed by atoms with Gasteiger partial charge in [0.05, 0.1) is 12.7 Å². The lowest BCUT2D eigenvalue weighted by atomic mass is 10.2. The molecule has 1 aliphatic heterocycles. The smallest absolute Gasteiger partial charge is 0.352 e. The summed E-state index contributed by atoms with van der Waals surface area (Å²) in [5, 5.41) is 7.23. The van der Waals surface area contributed by atoms with Crippen molar-refractivity contribution in [3.05, 3.63) is 32.6 Å². The SMILES string of the molecule is Cc1cn([C@H]2CC[C@@H](COP(=N)(O)OP(=O)(O)O)O2)c(=O)[nH]c1=O. The summed E-state index contributed by atoms with van der Waals surface area (Å²) in [7, 11) is -9.50. The van der Waals surface area contributed by atoms with Crippen LogP contribution in [0.1, 0.15) is 24.6 Å². The van der Waals surface area contributed by atoms with Crippen molar-refractivity contribution >= 4 is 15.6 Å². The molecule has 2 rings (SSSR count). The van der Waals surface area contributed by atoms with Gasteiger partial charge in [0.1, 0.15) is 6.23 Å². The molecule has 1 saturated heterocycles. The highest BCUT2D eigenvalue weighted by atomic mass is 31.3. The van der Waals surface area contributed by atoms with E-state index in [1.807, 2.05) is 0 Å². The molecule has 0 bridgehead atoms. The Morgan fingerprint density at radius 3 is 2.71 bits per heavy atom. The second kappa shape index (κ2) is 7.03. The summed E-state index contributed by atoms with van der Waals surface area (Å²) in [4.78, 5) is 51.8. The van der Waals surface area contributed by atoms with Crippen molar-refractivity contribution in [3.63, 3.8) is 0 Å². The van der Waals surface area contributed by atoms with Crippen molar-refractivity contribution in [1.82, 2.24) is 9.55 Å². The van der Waals surface area contributed by atoms with Gasteiger partial charge >= 0.3 is 21.2 Å². The van der Waals surface area contributed by atoms with Crippen LogP contribution in [0.4, 0.5) is 0 Å². The molecule has 0 spiro atoms. The molecular formula is C10H17N3O9P2. The van der Waals surface area contributed by atoms with E-state index in [4.69, 9.17) is 24.2 Å². The summed E-state index contributed by atoms with van der Waals surface area (Å²) in [6.07, 6.45) is 0.895. The average Bonchev–Trinajstić information content (AvgIpc) is 2.87. The number of H-pyrrole nitrogens is 1. The van der Waals surface area contributed by atoms with Gasteiger partial charge in [-0.05, 0) is 19.8 Å². The van der Waals surface area contributed by atoms with Crippen molar-refractivity contribution in [2.75, 3.05) is 6.61 Å². The summed E-state index contributed by atoms with van der Waals surface area (Å²) in [5.74, 6) is 0. The molecule has 1 aromatic rings. The summed E-state index contributed by atoms with van der Waals surface area (Å²) in [6.45, 7) is 1.19. The van der Waals surface area contributed by atoms with E-state index in [0.29, 0.717) is 18.4 Å². The van der Waals surface area contributed by atoms with Crippen LogP contribution in [0.3, 0.4) is 0 Å². The first-order valence-electron chi connectivity index (χ1n) is 6.73. The van der Waals surface area contributed by atoms with Crippen molar-refractivity contribution in [1.29, 1.82) is 5.16 Å². The molecule has 24 heavy (non-hydrogen) atoms. The molecule has 0 radical (unpaired) electrons. The Labute approximate surface area is 135 Å². The average molecular weight is 385 g/mol. The Morgan fingerprint density at radius 1 is 1.42 bits per heavy atom. The second-order valence-electron chi connectivity index (χ2n) is 5.16. The number of phosphoric acid groups is 1. The first-order valence-corrected chi connectivity index (χ1v) is 9.83. The fourth-order valence-corrected chi connectivity index (χ4v) is 3.88. The minimum atomic E-state index is -5.06. The van der Waals surface area contributed by atoms with Crippen LogP contribution in [-0.2, 0) is 18.1 Å². The van der Waals surface area contributed by atoms with E-state index >= 15 is 0 Å². The maximum Gasteiger partial charge on any atom is 0.477 e. The zero-order chi connectivity index (χ0) is 18.1. The van der Waals surface area contributed by atoms with Gasteiger partial charge in [-0.3, -0.25) is 18.9 Å². The predicted molar refractivity (Wildman–Crippen MR) is 80.1 cm³/mol. The van der Waals surface area contributed by atoms with Crippen molar-refractivity contribution < 1.29 is 32.8 Å². The normalized spacial score (nSPS) is 24.0. The van der Waals surface area contributed by atoms with Gasteiger partial charge in [0.15, 0.2) is 0 Å². The summed E-state index contributed by atoms with van der Waals surface area (Å²) >= 11 is 0. The molecule has 1 aromatic heterocycles. The highest BCUT2D eigenvalue weighted by Crippen LogP contribution is 2.58. The van der Waals surface area contributed by atoms with Crippen LogP contribution in [-0.4, -0.2) is 36.9 Å². The van der Waals surface area contributed by atoms with E-state index < -0.39 is 39.1 Å². The number of ether oxygens (including phenoxy) is 1. The largest absolute Gasteiger partial charge is 0.477 e. The van der Waals surface area contributed by atoms with Crippen molar-refractivity contribution in [2.24, 2.45) is 0 Å². The Morgan fingerprint density at radius 2 is 2.08 bits per heavy atom. The zero-order valence-corrected chi connectivity index (χ0v) is 14.3. The van der Waals surface area contributed by atoms with Crippen molar-refractivity contribution in [2.45, 2.75) is 32.1 Å². The van der Waals surface area contributed by atoms with Gasteiger partial charge in [-0.15, -0.1) is 0 Å². The maximum absolute atomic E-state index is 11.8. The third-order valence-corrected chi connectivity index (χ3v) is 5.43. The van der Waals surface area contributed by atoms with Gasteiger partial charge in [0, 0.05) is 11.8 Å². The molecule has 1 aliphatic rings. The van der Waals surface area contributed by atoms with Crippen LogP contribution in [0.25, 0.3) is 0 Å².